The van der Waals surface area contributed by atoms with Crippen LogP contribution in [0, 0.1) is 5.92 Å². The Morgan fingerprint density at radius 2 is 0.885 bits per heavy atom. The first-order valence-electron chi connectivity index (χ1n) is 11.9. The maximum absolute atomic E-state index is 11.1. The minimum absolute atomic E-state index is 0.382. The van der Waals surface area contributed by atoms with E-state index in [1.807, 2.05) is 0 Å². The van der Waals surface area contributed by atoms with Crippen molar-refractivity contribution < 1.29 is 9.90 Å². The van der Waals surface area contributed by atoms with E-state index in [1.54, 1.807) is 0 Å². The Balaban J connectivity index is 3.59. The van der Waals surface area contributed by atoms with Crippen LogP contribution >= 0.6 is 0 Å². The van der Waals surface area contributed by atoms with E-state index >= 15 is 0 Å². The predicted molar refractivity (Wildman–Crippen MR) is 115 cm³/mol. The monoisotopic (exact) mass is 368 g/mol. The van der Waals surface area contributed by atoms with Crippen LogP contribution in [0.5, 0.6) is 0 Å². The number of rotatable bonds is 21. The van der Waals surface area contributed by atoms with Gasteiger partial charge in [0.25, 0.3) is 0 Å². The molecule has 0 saturated carbocycles. The molecule has 0 aliphatic rings. The highest BCUT2D eigenvalue weighted by Crippen LogP contribution is 2.22. The summed E-state index contributed by atoms with van der Waals surface area (Å²) in [5.74, 6) is -0.192. The Morgan fingerprint density at radius 1 is 0.577 bits per heavy atom. The molecule has 0 radical (unpaired) electrons. The summed E-state index contributed by atoms with van der Waals surface area (Å²) >= 11 is 0. The van der Waals surface area contributed by atoms with Gasteiger partial charge in [-0.25, -0.2) is 0 Å². The van der Waals surface area contributed by atoms with Crippen LogP contribution in [0.25, 0.3) is 0 Å². The molecule has 0 aromatic heterocycles. The SMILES string of the molecule is CCCCCCCCCCCC(CCCCCCCCCC)CC(=O)O. The topological polar surface area (TPSA) is 37.3 Å². The van der Waals surface area contributed by atoms with E-state index in [0.29, 0.717) is 12.3 Å². The molecule has 0 saturated heterocycles. The van der Waals surface area contributed by atoms with Gasteiger partial charge < -0.3 is 5.11 Å². The summed E-state index contributed by atoms with van der Waals surface area (Å²) in [4.78, 5) is 11.1. The van der Waals surface area contributed by atoms with Crippen molar-refractivity contribution in [3.63, 3.8) is 0 Å². The lowest BCUT2D eigenvalue weighted by molar-refractivity contribution is -0.138. The van der Waals surface area contributed by atoms with Gasteiger partial charge in [0.15, 0.2) is 0 Å². The lowest BCUT2D eigenvalue weighted by atomic mass is 9.91. The van der Waals surface area contributed by atoms with Gasteiger partial charge in [0.2, 0.25) is 0 Å². The summed E-state index contributed by atoms with van der Waals surface area (Å²) in [6, 6.07) is 0. The van der Waals surface area contributed by atoms with E-state index in [0.717, 1.165) is 12.8 Å². The van der Waals surface area contributed by atoms with Gasteiger partial charge in [0, 0.05) is 6.42 Å². The van der Waals surface area contributed by atoms with Gasteiger partial charge in [-0.15, -0.1) is 0 Å². The summed E-state index contributed by atoms with van der Waals surface area (Å²) in [5, 5.41) is 9.15. The first-order chi connectivity index (χ1) is 12.7. The van der Waals surface area contributed by atoms with Crippen LogP contribution in [0.1, 0.15) is 142 Å². The van der Waals surface area contributed by atoms with Gasteiger partial charge in [-0.2, -0.15) is 0 Å². The van der Waals surface area contributed by atoms with Crippen LogP contribution in [0.3, 0.4) is 0 Å². The van der Waals surface area contributed by atoms with Crippen molar-refractivity contribution in [2.45, 2.75) is 142 Å². The third kappa shape index (κ3) is 19.8. The molecule has 2 heteroatoms. The summed E-state index contributed by atoms with van der Waals surface area (Å²) in [6.45, 7) is 4.53. The van der Waals surface area contributed by atoms with Crippen molar-refractivity contribution in [3.8, 4) is 0 Å². The quantitative estimate of drug-likeness (QED) is 0.206. The van der Waals surface area contributed by atoms with E-state index in [4.69, 9.17) is 5.11 Å². The van der Waals surface area contributed by atoms with Gasteiger partial charge in [-0.05, 0) is 18.8 Å². The summed E-state index contributed by atoms with van der Waals surface area (Å²) in [6.07, 6.45) is 25.4. The van der Waals surface area contributed by atoms with E-state index < -0.39 is 5.97 Å². The fourth-order valence-electron chi connectivity index (χ4n) is 3.91. The minimum atomic E-state index is -0.606. The van der Waals surface area contributed by atoms with Gasteiger partial charge in [0.05, 0.1) is 0 Å². The Labute approximate surface area is 164 Å². The molecular formula is C24H48O2. The number of aliphatic carboxylic acids is 1. The number of hydrogen-bond donors (Lipinski definition) is 1. The first kappa shape index (κ1) is 25.5. The molecule has 0 heterocycles. The Bertz CT molecular complexity index is 288. The van der Waals surface area contributed by atoms with E-state index in [-0.39, 0.29) is 0 Å². The maximum atomic E-state index is 11.1. The Hall–Kier alpha value is -0.530. The lowest BCUT2D eigenvalue weighted by Crippen LogP contribution is -2.08. The Kier molecular flexibility index (Phi) is 20.4. The molecule has 0 aliphatic carbocycles. The highest BCUT2D eigenvalue weighted by Gasteiger charge is 2.12. The second-order valence-corrected chi connectivity index (χ2v) is 8.34. The number of hydrogen-bond acceptors (Lipinski definition) is 1. The normalized spacial score (nSPS) is 12.4. The molecule has 0 rings (SSSR count). The predicted octanol–water partition coefficient (Wildman–Crippen LogP) is 8.53. The highest BCUT2D eigenvalue weighted by molar-refractivity contribution is 5.66. The van der Waals surface area contributed by atoms with Crippen LogP contribution in [0.2, 0.25) is 0 Å². The van der Waals surface area contributed by atoms with Crippen molar-refractivity contribution in [3.05, 3.63) is 0 Å². The summed E-state index contributed by atoms with van der Waals surface area (Å²) in [7, 11) is 0. The Morgan fingerprint density at radius 3 is 1.19 bits per heavy atom. The molecule has 26 heavy (non-hydrogen) atoms. The highest BCUT2D eigenvalue weighted by atomic mass is 16.4. The molecule has 0 bridgehead atoms. The molecule has 156 valence electrons. The van der Waals surface area contributed by atoms with Crippen LogP contribution in [0.4, 0.5) is 0 Å². The average molecular weight is 369 g/mol. The van der Waals surface area contributed by atoms with Gasteiger partial charge in [0.1, 0.15) is 0 Å². The lowest BCUT2D eigenvalue weighted by Gasteiger charge is -2.14. The summed E-state index contributed by atoms with van der Waals surface area (Å²) in [5.41, 5.74) is 0. The zero-order valence-electron chi connectivity index (χ0n) is 18.1. The third-order valence-electron chi connectivity index (χ3n) is 5.65. The largest absolute Gasteiger partial charge is 0.481 e. The molecule has 0 amide bonds. The van der Waals surface area contributed by atoms with E-state index in [2.05, 4.69) is 13.8 Å². The minimum Gasteiger partial charge on any atom is -0.481 e. The van der Waals surface area contributed by atoms with Crippen LogP contribution in [-0.4, -0.2) is 11.1 Å². The smallest absolute Gasteiger partial charge is 0.303 e. The van der Waals surface area contributed by atoms with Gasteiger partial charge >= 0.3 is 5.97 Å². The average Bonchev–Trinajstić information content (AvgIpc) is 2.61. The molecule has 0 spiro atoms. The van der Waals surface area contributed by atoms with E-state index in [1.165, 1.54) is 109 Å². The van der Waals surface area contributed by atoms with Gasteiger partial charge in [-0.1, -0.05) is 123 Å². The van der Waals surface area contributed by atoms with Gasteiger partial charge in [-0.3, -0.25) is 4.79 Å². The molecule has 0 aromatic rings. The fraction of sp³-hybridized carbons (Fsp3) is 0.958. The molecule has 2 nitrogen and oxygen atoms in total. The zero-order valence-corrected chi connectivity index (χ0v) is 18.1. The molecule has 1 atom stereocenters. The third-order valence-corrected chi connectivity index (χ3v) is 5.65. The molecule has 1 unspecified atom stereocenters. The standard InChI is InChI=1S/C24H48O2/c1-3-5-7-9-11-13-15-17-19-21-23(22-24(25)26)20-18-16-14-12-10-8-6-4-2/h23H,3-22H2,1-2H3,(H,25,26). The number of unbranched alkanes of at least 4 members (excludes halogenated alkanes) is 15. The van der Waals surface area contributed by atoms with Crippen molar-refractivity contribution in [2.75, 3.05) is 0 Å². The molecule has 0 aromatic carbocycles. The fourth-order valence-corrected chi connectivity index (χ4v) is 3.91. The number of carboxylic acid groups (broad SMARTS) is 1. The van der Waals surface area contributed by atoms with Crippen LogP contribution in [-0.2, 0) is 4.79 Å². The van der Waals surface area contributed by atoms with Crippen molar-refractivity contribution in [1.82, 2.24) is 0 Å². The molecule has 1 N–H and O–H groups in total. The van der Waals surface area contributed by atoms with Crippen molar-refractivity contribution in [1.29, 1.82) is 0 Å². The second kappa shape index (κ2) is 20.8. The molecular weight excluding hydrogens is 320 g/mol. The van der Waals surface area contributed by atoms with Crippen LogP contribution < -0.4 is 0 Å². The number of carboxylic acids is 1. The molecule has 0 fully saturated rings. The number of carbonyl (C=O) groups is 1. The maximum Gasteiger partial charge on any atom is 0.303 e. The summed E-state index contributed by atoms with van der Waals surface area (Å²) < 4.78 is 0. The first-order valence-corrected chi connectivity index (χ1v) is 11.9. The molecule has 0 aliphatic heterocycles. The van der Waals surface area contributed by atoms with Crippen LogP contribution in [0.15, 0.2) is 0 Å². The van der Waals surface area contributed by atoms with Crippen molar-refractivity contribution >= 4 is 5.97 Å². The second-order valence-electron chi connectivity index (χ2n) is 8.34. The van der Waals surface area contributed by atoms with Crippen molar-refractivity contribution in [2.24, 2.45) is 5.92 Å². The van der Waals surface area contributed by atoms with E-state index in [9.17, 15) is 4.79 Å². The zero-order chi connectivity index (χ0) is 19.3.